The van der Waals surface area contributed by atoms with Crippen LogP contribution in [0.1, 0.15) is 37.8 Å². The Morgan fingerprint density at radius 2 is 2.04 bits per heavy atom. The second kappa shape index (κ2) is 8.29. The van der Waals surface area contributed by atoms with Crippen LogP contribution in [-0.4, -0.2) is 24.0 Å². The minimum atomic E-state index is -0.113. The maximum absolute atomic E-state index is 12.4. The van der Waals surface area contributed by atoms with E-state index in [4.69, 9.17) is 4.74 Å². The van der Waals surface area contributed by atoms with Gasteiger partial charge in [-0.05, 0) is 71.1 Å². The van der Waals surface area contributed by atoms with E-state index in [2.05, 4.69) is 47.8 Å². The van der Waals surface area contributed by atoms with Gasteiger partial charge in [0.1, 0.15) is 11.6 Å². The molecule has 5 heteroatoms. The van der Waals surface area contributed by atoms with E-state index in [1.54, 1.807) is 11.1 Å². The van der Waals surface area contributed by atoms with Gasteiger partial charge in [0.2, 0.25) is 0 Å². The number of amides is 1. The summed E-state index contributed by atoms with van der Waals surface area (Å²) in [5.41, 5.74) is 2.47. The van der Waals surface area contributed by atoms with E-state index in [1.165, 1.54) is 11.1 Å². The van der Waals surface area contributed by atoms with Crippen molar-refractivity contribution >= 4 is 27.7 Å². The van der Waals surface area contributed by atoms with Crippen LogP contribution in [0.3, 0.4) is 0 Å². The van der Waals surface area contributed by atoms with Crippen molar-refractivity contribution in [1.29, 1.82) is 0 Å². The fourth-order valence-corrected chi connectivity index (χ4v) is 2.84. The number of likely N-dealkylation sites (N-methyl/N-ethyl adjacent to an activating group) is 1. The van der Waals surface area contributed by atoms with Crippen LogP contribution in [0.15, 0.2) is 41.0 Å². The smallest absolute Gasteiger partial charge is 0.266 e. The first-order valence-corrected chi connectivity index (χ1v) is 8.87. The van der Waals surface area contributed by atoms with Crippen molar-refractivity contribution in [3.05, 3.63) is 52.1 Å². The van der Waals surface area contributed by atoms with Crippen LogP contribution in [0.5, 0.6) is 5.75 Å². The lowest BCUT2D eigenvalue weighted by atomic mass is 9.98. The van der Waals surface area contributed by atoms with Crippen LogP contribution in [0.25, 0.3) is 0 Å². The molecule has 0 aliphatic heterocycles. The Kier molecular flexibility index (Phi) is 6.37. The first kappa shape index (κ1) is 18.5. The summed E-state index contributed by atoms with van der Waals surface area (Å²) in [5, 5.41) is 0. The monoisotopic (exact) mass is 390 g/mol. The van der Waals surface area contributed by atoms with Gasteiger partial charge >= 0.3 is 0 Å². The first-order chi connectivity index (χ1) is 11.4. The highest BCUT2D eigenvalue weighted by molar-refractivity contribution is 9.10. The number of pyridine rings is 1. The van der Waals surface area contributed by atoms with Gasteiger partial charge in [0.05, 0.1) is 0 Å². The summed E-state index contributed by atoms with van der Waals surface area (Å²) in [6.07, 6.45) is 1.68. The Bertz CT molecular complexity index is 699. The summed E-state index contributed by atoms with van der Waals surface area (Å²) in [6, 6.07) is 9.65. The molecule has 0 N–H and O–H groups in total. The molecule has 1 heterocycles. The van der Waals surface area contributed by atoms with Gasteiger partial charge in [-0.1, -0.05) is 19.9 Å². The predicted molar refractivity (Wildman–Crippen MR) is 101 cm³/mol. The highest BCUT2D eigenvalue weighted by Gasteiger charge is 2.16. The average Bonchev–Trinajstić information content (AvgIpc) is 2.55. The lowest BCUT2D eigenvalue weighted by Crippen LogP contribution is -2.35. The number of carbonyl (C=O) groups is 1. The SMILES string of the molecule is CCN(C(=O)COc1ccc(C(C)C)c(C)c1)c1ccc(Br)cn1. The number of halogens is 1. The number of aromatic nitrogens is 1. The summed E-state index contributed by atoms with van der Waals surface area (Å²) in [7, 11) is 0. The van der Waals surface area contributed by atoms with E-state index in [-0.39, 0.29) is 12.5 Å². The molecule has 0 bridgehead atoms. The highest BCUT2D eigenvalue weighted by Crippen LogP contribution is 2.23. The minimum absolute atomic E-state index is 0.00789. The minimum Gasteiger partial charge on any atom is -0.484 e. The molecule has 0 radical (unpaired) electrons. The normalized spacial score (nSPS) is 10.8. The van der Waals surface area contributed by atoms with Crippen LogP contribution >= 0.6 is 15.9 Å². The Morgan fingerprint density at radius 1 is 1.29 bits per heavy atom. The van der Waals surface area contributed by atoms with Gasteiger partial charge in [-0.25, -0.2) is 4.98 Å². The number of carbonyl (C=O) groups excluding carboxylic acids is 1. The number of nitrogens with zero attached hydrogens (tertiary/aromatic N) is 2. The van der Waals surface area contributed by atoms with E-state index in [0.717, 1.165) is 4.47 Å². The summed E-state index contributed by atoms with van der Waals surface area (Å²) in [6.45, 7) is 8.85. The predicted octanol–water partition coefficient (Wildman–Crippen LogP) is 4.71. The number of ether oxygens (including phenoxy) is 1. The molecule has 0 unspecified atom stereocenters. The fourth-order valence-electron chi connectivity index (χ4n) is 2.60. The molecule has 0 aliphatic rings. The molecule has 128 valence electrons. The molecule has 0 spiro atoms. The largest absolute Gasteiger partial charge is 0.484 e. The van der Waals surface area contributed by atoms with Crippen LogP contribution in [-0.2, 0) is 4.79 Å². The summed E-state index contributed by atoms with van der Waals surface area (Å²) >= 11 is 3.35. The zero-order chi connectivity index (χ0) is 17.7. The van der Waals surface area contributed by atoms with E-state index >= 15 is 0 Å². The third-order valence-corrected chi connectivity index (χ3v) is 4.30. The van der Waals surface area contributed by atoms with Gasteiger partial charge in [0.15, 0.2) is 6.61 Å². The van der Waals surface area contributed by atoms with Gasteiger partial charge in [0, 0.05) is 17.2 Å². The van der Waals surface area contributed by atoms with Gasteiger partial charge in [-0.3, -0.25) is 9.69 Å². The third kappa shape index (κ3) is 4.57. The van der Waals surface area contributed by atoms with Crippen LogP contribution in [0.4, 0.5) is 5.82 Å². The maximum Gasteiger partial charge on any atom is 0.266 e. The molecular weight excluding hydrogens is 368 g/mol. The van der Waals surface area contributed by atoms with E-state index in [1.807, 2.05) is 31.2 Å². The quantitative estimate of drug-likeness (QED) is 0.717. The van der Waals surface area contributed by atoms with E-state index < -0.39 is 0 Å². The molecule has 0 saturated carbocycles. The number of rotatable bonds is 6. The van der Waals surface area contributed by atoms with Crippen molar-refractivity contribution in [2.75, 3.05) is 18.1 Å². The molecule has 2 aromatic rings. The molecule has 4 nitrogen and oxygen atoms in total. The van der Waals surface area contributed by atoms with Crippen molar-refractivity contribution in [3.63, 3.8) is 0 Å². The number of aryl methyl sites for hydroxylation is 1. The van der Waals surface area contributed by atoms with Gasteiger partial charge < -0.3 is 4.74 Å². The third-order valence-electron chi connectivity index (χ3n) is 3.83. The van der Waals surface area contributed by atoms with E-state index in [9.17, 15) is 4.79 Å². The molecule has 0 aliphatic carbocycles. The molecule has 1 aromatic carbocycles. The summed E-state index contributed by atoms with van der Waals surface area (Å²) in [5.74, 6) is 1.70. The molecule has 24 heavy (non-hydrogen) atoms. The standard InChI is InChI=1S/C19H23BrN2O2/c1-5-22(18-9-6-15(20)11-21-18)19(23)12-24-16-7-8-17(13(2)3)14(4)10-16/h6-11,13H,5,12H2,1-4H3. The molecule has 0 atom stereocenters. The highest BCUT2D eigenvalue weighted by atomic mass is 79.9. The average molecular weight is 391 g/mol. The lowest BCUT2D eigenvalue weighted by molar-refractivity contribution is -0.120. The first-order valence-electron chi connectivity index (χ1n) is 8.07. The van der Waals surface area contributed by atoms with Gasteiger partial charge in [-0.2, -0.15) is 0 Å². The van der Waals surface area contributed by atoms with Crippen LogP contribution in [0.2, 0.25) is 0 Å². The van der Waals surface area contributed by atoms with Crippen molar-refractivity contribution in [2.45, 2.75) is 33.6 Å². The number of hydrogen-bond acceptors (Lipinski definition) is 3. The van der Waals surface area contributed by atoms with Gasteiger partial charge in [0.25, 0.3) is 5.91 Å². The molecule has 0 fully saturated rings. The lowest BCUT2D eigenvalue weighted by Gasteiger charge is -2.20. The van der Waals surface area contributed by atoms with Crippen molar-refractivity contribution in [1.82, 2.24) is 4.98 Å². The fraction of sp³-hybridized carbons (Fsp3) is 0.368. The summed E-state index contributed by atoms with van der Waals surface area (Å²) < 4.78 is 6.56. The zero-order valence-electron chi connectivity index (χ0n) is 14.5. The topological polar surface area (TPSA) is 42.4 Å². The van der Waals surface area contributed by atoms with Crippen molar-refractivity contribution in [2.24, 2.45) is 0 Å². The molecular formula is C19H23BrN2O2. The number of hydrogen-bond donors (Lipinski definition) is 0. The van der Waals surface area contributed by atoms with E-state index in [0.29, 0.717) is 24.0 Å². The molecule has 1 aromatic heterocycles. The van der Waals surface area contributed by atoms with Gasteiger partial charge in [-0.15, -0.1) is 0 Å². The summed E-state index contributed by atoms with van der Waals surface area (Å²) in [4.78, 5) is 18.3. The Labute approximate surface area is 152 Å². The van der Waals surface area contributed by atoms with Crippen molar-refractivity contribution < 1.29 is 9.53 Å². The zero-order valence-corrected chi connectivity index (χ0v) is 16.1. The maximum atomic E-state index is 12.4. The van der Waals surface area contributed by atoms with Crippen LogP contribution < -0.4 is 9.64 Å². The number of anilines is 1. The second-order valence-electron chi connectivity index (χ2n) is 5.93. The Hall–Kier alpha value is -1.88. The van der Waals surface area contributed by atoms with Crippen molar-refractivity contribution in [3.8, 4) is 5.75 Å². The Morgan fingerprint density at radius 3 is 2.58 bits per heavy atom. The number of benzene rings is 1. The molecule has 1 amide bonds. The van der Waals surface area contributed by atoms with Crippen LogP contribution in [0, 0.1) is 6.92 Å². The molecule has 2 rings (SSSR count). The Balaban J connectivity index is 2.03. The molecule has 0 saturated heterocycles. The second-order valence-corrected chi connectivity index (χ2v) is 6.85.